The van der Waals surface area contributed by atoms with Gasteiger partial charge in [-0.2, -0.15) is 0 Å². The van der Waals surface area contributed by atoms with E-state index in [9.17, 15) is 9.90 Å². The SMILES string of the molecule is CCCCC/C=C\C/C=C\CC/C=C\CCCC(=O)[O-]. The topological polar surface area (TPSA) is 40.1 Å². The van der Waals surface area contributed by atoms with Gasteiger partial charge in [0.15, 0.2) is 0 Å². The van der Waals surface area contributed by atoms with Crippen molar-refractivity contribution < 1.29 is 9.90 Å². The Balaban J connectivity index is 3.30. The first-order valence-electron chi connectivity index (χ1n) is 7.92. The van der Waals surface area contributed by atoms with Crippen LogP contribution in [0.4, 0.5) is 0 Å². The Morgan fingerprint density at radius 2 is 1.35 bits per heavy atom. The largest absolute Gasteiger partial charge is 0.550 e. The van der Waals surface area contributed by atoms with E-state index >= 15 is 0 Å². The van der Waals surface area contributed by atoms with Crippen LogP contribution in [0.1, 0.15) is 71.1 Å². The first kappa shape index (κ1) is 18.7. The van der Waals surface area contributed by atoms with E-state index in [4.69, 9.17) is 0 Å². The van der Waals surface area contributed by atoms with Crippen molar-refractivity contribution in [3.63, 3.8) is 0 Å². The molecule has 0 aromatic carbocycles. The zero-order chi connectivity index (χ0) is 14.9. The second kappa shape index (κ2) is 15.7. The molecule has 0 N–H and O–H groups in total. The number of carbonyl (C=O) groups excluding carboxylic acids is 1. The van der Waals surface area contributed by atoms with Crippen molar-refractivity contribution in [2.75, 3.05) is 0 Å². The number of carbonyl (C=O) groups is 1. The molecule has 0 radical (unpaired) electrons. The lowest BCUT2D eigenvalue weighted by molar-refractivity contribution is -0.305. The molecular formula is C18H29O2-. The Hall–Kier alpha value is -1.31. The maximum absolute atomic E-state index is 10.2. The quantitative estimate of drug-likeness (QED) is 0.371. The summed E-state index contributed by atoms with van der Waals surface area (Å²) in [6.45, 7) is 2.23. The van der Waals surface area contributed by atoms with Crippen LogP contribution in [0.15, 0.2) is 36.5 Å². The van der Waals surface area contributed by atoms with Gasteiger partial charge in [-0.1, -0.05) is 56.2 Å². The summed E-state index contributed by atoms with van der Waals surface area (Å²) in [6.07, 6.45) is 23.0. The lowest BCUT2D eigenvalue weighted by Gasteiger charge is -1.97. The average molecular weight is 277 g/mol. The first-order chi connectivity index (χ1) is 9.77. The minimum Gasteiger partial charge on any atom is -0.550 e. The van der Waals surface area contributed by atoms with Crippen molar-refractivity contribution in [1.29, 1.82) is 0 Å². The van der Waals surface area contributed by atoms with E-state index in [0.29, 0.717) is 6.42 Å². The standard InChI is InChI=1S/C18H30O2/c1-2-3-4-5-6-7-8-9-10-11-12-13-14-15-16-17-18(19)20/h6-7,9-10,13-14H,2-5,8,11-12,15-17H2,1H3,(H,19,20)/p-1/b7-6-,10-9-,14-13-. The molecule has 0 rings (SSSR count). The Morgan fingerprint density at radius 3 is 2.00 bits per heavy atom. The summed E-state index contributed by atoms with van der Waals surface area (Å²) in [5, 5.41) is 10.2. The molecule has 0 spiro atoms. The van der Waals surface area contributed by atoms with Crippen molar-refractivity contribution in [3.05, 3.63) is 36.5 Å². The summed E-state index contributed by atoms with van der Waals surface area (Å²) in [7, 11) is 0. The molecule has 0 aromatic heterocycles. The average Bonchev–Trinajstić information content (AvgIpc) is 2.43. The molecule has 0 amide bonds. The zero-order valence-electron chi connectivity index (χ0n) is 12.9. The molecule has 0 heterocycles. The summed E-state index contributed by atoms with van der Waals surface area (Å²) in [4.78, 5) is 10.2. The summed E-state index contributed by atoms with van der Waals surface area (Å²) in [5.41, 5.74) is 0. The summed E-state index contributed by atoms with van der Waals surface area (Å²) >= 11 is 0. The number of hydrogen-bond acceptors (Lipinski definition) is 2. The Kier molecular flexibility index (Phi) is 14.7. The molecule has 0 saturated carbocycles. The monoisotopic (exact) mass is 277 g/mol. The highest BCUT2D eigenvalue weighted by atomic mass is 16.4. The van der Waals surface area contributed by atoms with Gasteiger partial charge in [-0.15, -0.1) is 0 Å². The highest BCUT2D eigenvalue weighted by Crippen LogP contribution is 2.02. The van der Waals surface area contributed by atoms with Crippen molar-refractivity contribution in [1.82, 2.24) is 0 Å². The molecule has 0 bridgehead atoms. The Labute approximate surface area is 124 Å². The molecule has 114 valence electrons. The van der Waals surface area contributed by atoms with Gasteiger partial charge in [-0.05, 0) is 51.4 Å². The van der Waals surface area contributed by atoms with Crippen LogP contribution in [0, 0.1) is 0 Å². The van der Waals surface area contributed by atoms with Gasteiger partial charge in [0.2, 0.25) is 0 Å². The van der Waals surface area contributed by atoms with E-state index in [-0.39, 0.29) is 6.42 Å². The lowest BCUT2D eigenvalue weighted by atomic mass is 10.2. The summed E-state index contributed by atoms with van der Waals surface area (Å²) < 4.78 is 0. The van der Waals surface area contributed by atoms with Crippen LogP contribution >= 0.6 is 0 Å². The van der Waals surface area contributed by atoms with Gasteiger partial charge in [0, 0.05) is 5.97 Å². The summed E-state index contributed by atoms with van der Waals surface area (Å²) in [5.74, 6) is -0.955. The second-order valence-electron chi connectivity index (χ2n) is 4.99. The van der Waals surface area contributed by atoms with Crippen LogP contribution in [-0.4, -0.2) is 5.97 Å². The van der Waals surface area contributed by atoms with Crippen molar-refractivity contribution in [2.24, 2.45) is 0 Å². The van der Waals surface area contributed by atoms with Crippen LogP contribution in [0.3, 0.4) is 0 Å². The number of unbranched alkanes of at least 4 members (excludes halogenated alkanes) is 5. The third-order valence-corrected chi connectivity index (χ3v) is 3.00. The van der Waals surface area contributed by atoms with Crippen LogP contribution in [0.2, 0.25) is 0 Å². The van der Waals surface area contributed by atoms with Gasteiger partial charge in [-0.3, -0.25) is 0 Å². The minimum absolute atomic E-state index is 0.162. The minimum atomic E-state index is -0.955. The third kappa shape index (κ3) is 16.7. The highest BCUT2D eigenvalue weighted by Gasteiger charge is 1.85. The first-order valence-corrected chi connectivity index (χ1v) is 7.92. The molecule has 20 heavy (non-hydrogen) atoms. The van der Waals surface area contributed by atoms with Gasteiger partial charge in [0.05, 0.1) is 0 Å². The molecule has 2 nitrogen and oxygen atoms in total. The normalized spacial score (nSPS) is 12.1. The van der Waals surface area contributed by atoms with E-state index in [1.807, 2.05) is 0 Å². The van der Waals surface area contributed by atoms with E-state index < -0.39 is 5.97 Å². The predicted molar refractivity (Wildman–Crippen MR) is 84.3 cm³/mol. The molecule has 0 atom stereocenters. The Bertz CT molecular complexity index is 301. The van der Waals surface area contributed by atoms with Gasteiger partial charge in [0.1, 0.15) is 0 Å². The van der Waals surface area contributed by atoms with E-state index in [1.54, 1.807) is 0 Å². The fourth-order valence-electron chi connectivity index (χ4n) is 1.81. The molecule has 0 aliphatic heterocycles. The molecule has 2 heteroatoms. The number of carboxylic acids is 1. The van der Waals surface area contributed by atoms with E-state index in [2.05, 4.69) is 43.4 Å². The number of carboxylic acid groups (broad SMARTS) is 1. The molecule has 0 fully saturated rings. The molecule has 0 aromatic rings. The number of aliphatic carboxylic acids is 1. The molecular weight excluding hydrogens is 248 g/mol. The molecule has 0 aliphatic carbocycles. The van der Waals surface area contributed by atoms with E-state index in [0.717, 1.165) is 25.7 Å². The van der Waals surface area contributed by atoms with Crippen molar-refractivity contribution in [3.8, 4) is 0 Å². The van der Waals surface area contributed by atoms with Crippen molar-refractivity contribution in [2.45, 2.75) is 71.1 Å². The number of rotatable bonds is 13. The maximum Gasteiger partial charge on any atom is 0.0414 e. The predicted octanol–water partition coefficient (Wildman–Crippen LogP) is 4.33. The summed E-state index contributed by atoms with van der Waals surface area (Å²) in [6, 6.07) is 0. The van der Waals surface area contributed by atoms with E-state index in [1.165, 1.54) is 25.7 Å². The van der Waals surface area contributed by atoms with Crippen LogP contribution < -0.4 is 5.11 Å². The third-order valence-electron chi connectivity index (χ3n) is 3.00. The molecule has 0 aliphatic rings. The maximum atomic E-state index is 10.2. The van der Waals surface area contributed by atoms with Crippen molar-refractivity contribution >= 4 is 5.97 Å². The van der Waals surface area contributed by atoms with Gasteiger partial charge < -0.3 is 9.90 Å². The smallest absolute Gasteiger partial charge is 0.0414 e. The van der Waals surface area contributed by atoms with Gasteiger partial charge in [0.25, 0.3) is 0 Å². The molecule has 0 saturated heterocycles. The van der Waals surface area contributed by atoms with Crippen LogP contribution in [0.25, 0.3) is 0 Å². The fourth-order valence-corrected chi connectivity index (χ4v) is 1.81. The number of allylic oxidation sites excluding steroid dienone is 6. The number of hydrogen-bond donors (Lipinski definition) is 0. The van der Waals surface area contributed by atoms with Gasteiger partial charge >= 0.3 is 0 Å². The second-order valence-corrected chi connectivity index (χ2v) is 4.99. The van der Waals surface area contributed by atoms with Crippen LogP contribution in [0.5, 0.6) is 0 Å². The highest BCUT2D eigenvalue weighted by molar-refractivity contribution is 5.64. The van der Waals surface area contributed by atoms with Crippen LogP contribution in [-0.2, 0) is 4.79 Å². The zero-order valence-corrected chi connectivity index (χ0v) is 12.9. The molecule has 0 unspecified atom stereocenters. The lowest BCUT2D eigenvalue weighted by Crippen LogP contribution is -2.21. The fraction of sp³-hybridized carbons (Fsp3) is 0.611. The van der Waals surface area contributed by atoms with Gasteiger partial charge in [-0.25, -0.2) is 0 Å². The Morgan fingerprint density at radius 1 is 0.800 bits per heavy atom.